The molecule has 0 bridgehead atoms. The van der Waals surface area contributed by atoms with Crippen molar-refractivity contribution in [2.45, 2.75) is 132 Å². The third-order valence-corrected chi connectivity index (χ3v) is 21.5. The molecule has 2 unspecified atom stereocenters. The Kier molecular flexibility index (Phi) is 16.2. The second-order valence-corrected chi connectivity index (χ2v) is 24.9. The molecule has 2 aliphatic rings. The number of rotatable bonds is 20. The van der Waals surface area contributed by atoms with Crippen LogP contribution in [0.4, 0.5) is 17.6 Å². The molecule has 0 fully saturated rings. The van der Waals surface area contributed by atoms with Crippen molar-refractivity contribution in [3.8, 4) is 0 Å². The maximum atomic E-state index is 18.6. The van der Waals surface area contributed by atoms with E-state index in [2.05, 4.69) is 0 Å². The van der Waals surface area contributed by atoms with Crippen molar-refractivity contribution in [1.29, 1.82) is 0 Å². The second-order valence-electron chi connectivity index (χ2n) is 19.0. The Labute approximate surface area is 388 Å². The zero-order valence-electron chi connectivity index (χ0n) is 39.5. The molecule has 0 aliphatic heterocycles. The van der Waals surface area contributed by atoms with Gasteiger partial charge in [0.2, 0.25) is 0 Å². The van der Waals surface area contributed by atoms with Crippen LogP contribution in [0.2, 0.25) is 0 Å². The molecule has 2 atom stereocenters. The third-order valence-electron chi connectivity index (χ3n) is 13.6. The minimum absolute atomic E-state index is 0.106. The van der Waals surface area contributed by atoms with Gasteiger partial charge in [0.15, 0.2) is 0 Å². The average Bonchev–Trinajstić information content (AvgIpc) is 4.04. The number of amides is 2. The van der Waals surface area contributed by atoms with E-state index in [9.17, 15) is 9.59 Å². The van der Waals surface area contributed by atoms with Crippen LogP contribution in [-0.4, -0.2) is 21.6 Å². The number of hydrogen-bond acceptors (Lipinski definition) is 2. The van der Waals surface area contributed by atoms with Crippen molar-refractivity contribution in [3.05, 3.63) is 175 Å². The van der Waals surface area contributed by atoms with Gasteiger partial charge in [-0.15, -0.1) is 0 Å². The Morgan fingerprint density at radius 2 is 0.938 bits per heavy atom. The molecule has 4 nitrogen and oxygen atoms in total. The monoisotopic (exact) mass is 922 g/mol. The van der Waals surface area contributed by atoms with E-state index in [0.29, 0.717) is 33.4 Å². The number of hydrogen-bond donors (Lipinski definition) is 0. The first-order valence-corrected chi connectivity index (χ1v) is 26.6. The maximum absolute atomic E-state index is 18.6. The van der Waals surface area contributed by atoms with Crippen molar-refractivity contribution in [2.24, 2.45) is 10.8 Å². The summed E-state index contributed by atoms with van der Waals surface area (Å²) in [5, 5.41) is 0. The molecular weight excluding hydrogens is 856 g/mol. The Morgan fingerprint density at radius 3 is 1.25 bits per heavy atom. The zero-order valence-corrected chi connectivity index (χ0v) is 41.1. The van der Waals surface area contributed by atoms with Crippen LogP contribution in [0, 0.1) is 34.1 Å². The van der Waals surface area contributed by atoms with Gasteiger partial charge >= 0.3 is 391 Å². The quantitative estimate of drug-likeness (QED) is 0.0655. The van der Waals surface area contributed by atoms with E-state index in [0.717, 1.165) is 24.0 Å². The summed E-state index contributed by atoms with van der Waals surface area (Å²) in [6.07, 6.45) is 14.8. The van der Waals surface area contributed by atoms with Gasteiger partial charge in [-0.1, -0.05) is 0 Å². The van der Waals surface area contributed by atoms with Crippen LogP contribution in [0.5, 0.6) is 0 Å². The van der Waals surface area contributed by atoms with Crippen molar-refractivity contribution in [2.75, 3.05) is 0 Å². The van der Waals surface area contributed by atoms with E-state index < -0.39 is 62.8 Å². The first-order valence-electron chi connectivity index (χ1n) is 23.5. The molecule has 344 valence electrons. The number of halogens is 4. The van der Waals surface area contributed by atoms with E-state index in [1.165, 1.54) is 24.3 Å². The van der Waals surface area contributed by atoms with Gasteiger partial charge in [0.05, 0.1) is 0 Å². The van der Waals surface area contributed by atoms with E-state index in [1.807, 2.05) is 128 Å². The van der Waals surface area contributed by atoms with Gasteiger partial charge in [0, 0.05) is 0 Å². The van der Waals surface area contributed by atoms with E-state index in [1.54, 1.807) is 34.1 Å². The summed E-state index contributed by atoms with van der Waals surface area (Å²) in [6, 6.07) is 22.7. The molecule has 0 radical (unpaired) electrons. The fraction of sp³-hybridized carbons (Fsp3) is 0.393. The minimum atomic E-state index is -5.36. The molecule has 6 rings (SSSR count). The third kappa shape index (κ3) is 10.0. The van der Waals surface area contributed by atoms with Crippen molar-refractivity contribution in [1.82, 2.24) is 9.80 Å². The molecule has 65 heavy (non-hydrogen) atoms. The van der Waals surface area contributed by atoms with E-state index >= 15 is 17.6 Å². The molecule has 0 aromatic heterocycles. The van der Waals surface area contributed by atoms with Crippen molar-refractivity contribution < 1.29 is 43.7 Å². The zero-order chi connectivity index (χ0) is 47.1. The number of allylic oxidation sites excluding steroid dienone is 8. The van der Waals surface area contributed by atoms with E-state index in [4.69, 9.17) is 0 Å². The predicted molar refractivity (Wildman–Crippen MR) is 253 cm³/mol. The van der Waals surface area contributed by atoms with Crippen LogP contribution < -0.4 is 7.74 Å². The standard InChI is InChI=1S/2C23H28F2NO.2C5H5.Ti/c2*1-5-14-23(3,4)22(27)26(16-17-10-8-7-9-11-17)21(6-2)19-13-12-18(24)15-20(19)25;2*1-2-4-5-3-1;/h2*7-13,21H,5-6,14,16H2,1-4H3;2*1-3H,4H2;. The van der Waals surface area contributed by atoms with Crippen LogP contribution in [0.15, 0.2) is 129 Å². The van der Waals surface area contributed by atoms with Gasteiger partial charge in [-0.05, 0) is 0 Å². The number of carbonyl (C=O) groups is 2. The van der Waals surface area contributed by atoms with Crippen LogP contribution in [-0.2, 0) is 39.3 Å². The molecule has 9 heteroatoms. The molecular formula is C56H66F4N2O2Ti. The summed E-state index contributed by atoms with van der Waals surface area (Å²) in [5.74, 6) is -3.85. The molecule has 0 saturated carbocycles. The number of nitrogens with zero attached hydrogens (tertiary/aromatic N) is 2. The Balaban J connectivity index is 1.64. The Bertz CT molecular complexity index is 2290. The van der Waals surface area contributed by atoms with Gasteiger partial charge in [0.1, 0.15) is 0 Å². The fourth-order valence-electron chi connectivity index (χ4n) is 10.4. The summed E-state index contributed by atoms with van der Waals surface area (Å²) in [4.78, 5) is 32.9. The number of carbonyl (C=O) groups excluding carboxylic acids is 2. The first-order chi connectivity index (χ1) is 31.1. The molecule has 0 heterocycles. The molecule has 4 aromatic rings. The molecule has 2 aliphatic carbocycles. The van der Waals surface area contributed by atoms with Crippen LogP contribution in [0.25, 0.3) is 0 Å². The Hall–Kier alpha value is -4.79. The van der Waals surface area contributed by atoms with Crippen LogP contribution in [0.3, 0.4) is 0 Å². The summed E-state index contributed by atoms with van der Waals surface area (Å²) < 4.78 is 72.7. The van der Waals surface area contributed by atoms with Gasteiger partial charge < -0.3 is 0 Å². The van der Waals surface area contributed by atoms with Gasteiger partial charge in [-0.3, -0.25) is 0 Å². The second kappa shape index (κ2) is 21.2. The van der Waals surface area contributed by atoms with Crippen molar-refractivity contribution in [3.63, 3.8) is 0 Å². The van der Waals surface area contributed by atoms with Crippen LogP contribution in [0.1, 0.15) is 141 Å². The van der Waals surface area contributed by atoms with Gasteiger partial charge in [0.25, 0.3) is 0 Å². The Morgan fingerprint density at radius 1 is 0.569 bits per heavy atom. The molecule has 0 N–H and O–H groups in total. The summed E-state index contributed by atoms with van der Waals surface area (Å²) in [7, 11) is 0. The predicted octanol–water partition coefficient (Wildman–Crippen LogP) is 13.6. The SMILES string of the molecule is CCCC(C)(C)C(=O)N(Cc1ccccc1)C(CC)c1ccc(F)[c]([Ti]([C]2=CC=CC2)([C]2=CC=CC2)[c]2c(F)ccc(C(CC)N(Cc3ccccc3)C(=O)C(C)(C)CCC)c2F)c1F. The molecule has 0 spiro atoms. The van der Waals surface area contributed by atoms with Gasteiger partial charge in [-0.25, -0.2) is 0 Å². The summed E-state index contributed by atoms with van der Waals surface area (Å²) in [6.45, 7) is 15.8. The summed E-state index contributed by atoms with van der Waals surface area (Å²) in [5.41, 5.74) is 0.347. The molecule has 4 aromatic carbocycles. The van der Waals surface area contributed by atoms with E-state index in [-0.39, 0.29) is 56.6 Å². The van der Waals surface area contributed by atoms with Crippen molar-refractivity contribution >= 4 is 19.6 Å². The van der Waals surface area contributed by atoms with Crippen LogP contribution >= 0.6 is 0 Å². The summed E-state index contributed by atoms with van der Waals surface area (Å²) >= 11 is -5.36. The molecule has 2 amide bonds. The normalized spacial score (nSPS) is 14.9. The van der Waals surface area contributed by atoms with Gasteiger partial charge in [-0.2, -0.15) is 0 Å². The topological polar surface area (TPSA) is 40.6 Å². The first kappa shape index (κ1) is 49.6. The number of benzene rings is 4. The fourth-order valence-corrected chi connectivity index (χ4v) is 18.7. The molecule has 0 saturated heterocycles. The average molecular weight is 923 g/mol.